The summed E-state index contributed by atoms with van der Waals surface area (Å²) in [5.41, 5.74) is 1.47. The van der Waals surface area contributed by atoms with Crippen LogP contribution in [0.3, 0.4) is 0 Å². The van der Waals surface area contributed by atoms with E-state index in [0.29, 0.717) is 30.4 Å². The van der Waals surface area contributed by atoms with Crippen LogP contribution >= 0.6 is 0 Å². The van der Waals surface area contributed by atoms with Crippen LogP contribution in [0.1, 0.15) is 25.5 Å². The summed E-state index contributed by atoms with van der Waals surface area (Å²) in [6, 6.07) is 10.8. The standard InChI is InChI=1S/C19H21FN2O3/c1-12(2)18(13-3-8-16-17(11-13)25-10-9-24-16)22-19(23)21-15-6-4-14(20)5-7-15/h3-8,11-12,18H,9-10H2,1-2H3,(H2,21,22,23)/t18-/m1/s1. The number of halogens is 1. The molecule has 5 nitrogen and oxygen atoms in total. The lowest BCUT2D eigenvalue weighted by molar-refractivity contribution is 0.171. The molecular formula is C19H21FN2O3. The first kappa shape index (κ1) is 17.1. The van der Waals surface area contributed by atoms with Crippen molar-refractivity contribution < 1.29 is 18.7 Å². The lowest BCUT2D eigenvalue weighted by Crippen LogP contribution is -2.35. The Morgan fingerprint density at radius 1 is 1.04 bits per heavy atom. The minimum atomic E-state index is -0.347. The Morgan fingerprint density at radius 2 is 1.72 bits per heavy atom. The molecule has 1 aliphatic heterocycles. The van der Waals surface area contributed by atoms with E-state index in [4.69, 9.17) is 9.47 Å². The Hall–Kier alpha value is -2.76. The number of nitrogens with one attached hydrogen (secondary N) is 2. The van der Waals surface area contributed by atoms with Crippen LogP contribution in [0.2, 0.25) is 0 Å². The fourth-order valence-corrected chi connectivity index (χ4v) is 2.73. The van der Waals surface area contributed by atoms with Crippen LogP contribution in [0.15, 0.2) is 42.5 Å². The van der Waals surface area contributed by atoms with E-state index in [0.717, 1.165) is 5.56 Å². The van der Waals surface area contributed by atoms with Crippen LogP contribution in [0.5, 0.6) is 11.5 Å². The molecule has 3 rings (SSSR count). The first-order chi connectivity index (χ1) is 12.0. The maximum absolute atomic E-state index is 12.9. The second kappa shape index (κ2) is 7.42. The van der Waals surface area contributed by atoms with Crippen molar-refractivity contribution in [1.29, 1.82) is 0 Å². The van der Waals surface area contributed by atoms with Gasteiger partial charge in [-0.25, -0.2) is 9.18 Å². The number of hydrogen-bond donors (Lipinski definition) is 2. The van der Waals surface area contributed by atoms with Gasteiger partial charge in [-0.2, -0.15) is 0 Å². The van der Waals surface area contributed by atoms with Crippen molar-refractivity contribution in [1.82, 2.24) is 5.32 Å². The van der Waals surface area contributed by atoms with Gasteiger partial charge in [0.25, 0.3) is 0 Å². The summed E-state index contributed by atoms with van der Waals surface area (Å²) < 4.78 is 24.1. The number of hydrogen-bond acceptors (Lipinski definition) is 3. The normalized spacial score (nSPS) is 14.1. The minimum Gasteiger partial charge on any atom is -0.486 e. The Labute approximate surface area is 146 Å². The van der Waals surface area contributed by atoms with Gasteiger partial charge in [-0.1, -0.05) is 19.9 Å². The molecule has 1 heterocycles. The largest absolute Gasteiger partial charge is 0.486 e. The maximum atomic E-state index is 12.9. The van der Waals surface area contributed by atoms with Crippen molar-refractivity contribution in [2.45, 2.75) is 19.9 Å². The average molecular weight is 344 g/mol. The zero-order chi connectivity index (χ0) is 17.8. The molecule has 0 unspecified atom stereocenters. The minimum absolute atomic E-state index is 0.168. The summed E-state index contributed by atoms with van der Waals surface area (Å²) in [4.78, 5) is 12.3. The van der Waals surface area contributed by atoms with E-state index in [1.54, 1.807) is 0 Å². The first-order valence-corrected chi connectivity index (χ1v) is 8.25. The molecule has 1 aliphatic rings. The van der Waals surface area contributed by atoms with Crippen molar-refractivity contribution in [3.05, 3.63) is 53.8 Å². The van der Waals surface area contributed by atoms with Gasteiger partial charge in [-0.15, -0.1) is 0 Å². The Morgan fingerprint density at radius 3 is 2.40 bits per heavy atom. The molecule has 0 bridgehead atoms. The number of amides is 2. The smallest absolute Gasteiger partial charge is 0.319 e. The van der Waals surface area contributed by atoms with Crippen molar-refractivity contribution >= 4 is 11.7 Å². The summed E-state index contributed by atoms with van der Waals surface area (Å²) in [5, 5.41) is 5.68. The predicted octanol–water partition coefficient (Wildman–Crippen LogP) is 4.12. The molecule has 0 aliphatic carbocycles. The summed E-state index contributed by atoms with van der Waals surface area (Å²) in [7, 11) is 0. The second-order valence-electron chi connectivity index (χ2n) is 6.23. The van der Waals surface area contributed by atoms with Gasteiger partial charge >= 0.3 is 6.03 Å². The zero-order valence-electron chi connectivity index (χ0n) is 14.2. The third kappa shape index (κ3) is 4.21. The lowest BCUT2D eigenvalue weighted by Gasteiger charge is -2.25. The number of benzene rings is 2. The van der Waals surface area contributed by atoms with Gasteiger partial charge in [0.05, 0.1) is 6.04 Å². The van der Waals surface area contributed by atoms with E-state index in [2.05, 4.69) is 10.6 Å². The SMILES string of the molecule is CC(C)[C@@H](NC(=O)Nc1ccc(F)cc1)c1ccc2c(c1)OCCO2. The van der Waals surface area contributed by atoms with Gasteiger partial charge in [-0.05, 0) is 47.9 Å². The highest BCUT2D eigenvalue weighted by molar-refractivity contribution is 5.89. The number of carbonyl (C=O) groups is 1. The fourth-order valence-electron chi connectivity index (χ4n) is 2.73. The van der Waals surface area contributed by atoms with Gasteiger partial charge in [0.2, 0.25) is 0 Å². The van der Waals surface area contributed by atoms with E-state index in [1.807, 2.05) is 32.0 Å². The predicted molar refractivity (Wildman–Crippen MR) is 93.6 cm³/mol. The highest BCUT2D eigenvalue weighted by Crippen LogP contribution is 2.34. The topological polar surface area (TPSA) is 59.6 Å². The number of anilines is 1. The molecule has 132 valence electrons. The van der Waals surface area contributed by atoms with Gasteiger partial charge in [0.1, 0.15) is 19.0 Å². The monoisotopic (exact) mass is 344 g/mol. The molecular weight excluding hydrogens is 323 g/mol. The number of fused-ring (bicyclic) bond motifs is 1. The van der Waals surface area contributed by atoms with Crippen LogP contribution < -0.4 is 20.1 Å². The Kier molecular flexibility index (Phi) is 5.07. The van der Waals surface area contributed by atoms with Gasteiger partial charge in [0, 0.05) is 5.69 Å². The molecule has 2 amide bonds. The first-order valence-electron chi connectivity index (χ1n) is 8.25. The summed E-state index contributed by atoms with van der Waals surface area (Å²) in [6.07, 6.45) is 0. The van der Waals surface area contributed by atoms with Crippen LogP contribution in [-0.2, 0) is 0 Å². The quantitative estimate of drug-likeness (QED) is 0.877. The number of carbonyl (C=O) groups excluding carboxylic acids is 1. The van der Waals surface area contributed by atoms with Gasteiger partial charge in [0.15, 0.2) is 11.5 Å². The Balaban J connectivity index is 1.72. The molecule has 0 spiro atoms. The molecule has 0 aromatic heterocycles. The van der Waals surface area contributed by atoms with Crippen LogP contribution in [0, 0.1) is 11.7 Å². The lowest BCUT2D eigenvalue weighted by atomic mass is 9.95. The molecule has 25 heavy (non-hydrogen) atoms. The molecule has 2 N–H and O–H groups in total. The number of urea groups is 1. The summed E-state index contributed by atoms with van der Waals surface area (Å²) >= 11 is 0. The average Bonchev–Trinajstić information content (AvgIpc) is 2.61. The Bertz CT molecular complexity index is 747. The molecule has 0 saturated carbocycles. The molecule has 0 radical (unpaired) electrons. The third-order valence-corrected chi connectivity index (χ3v) is 3.98. The zero-order valence-corrected chi connectivity index (χ0v) is 14.2. The molecule has 1 atom stereocenters. The molecule has 0 saturated heterocycles. The van der Waals surface area contributed by atoms with Crippen LogP contribution in [-0.4, -0.2) is 19.2 Å². The van der Waals surface area contributed by atoms with E-state index in [9.17, 15) is 9.18 Å². The molecule has 0 fully saturated rings. The van der Waals surface area contributed by atoms with Crippen molar-refractivity contribution in [2.24, 2.45) is 5.92 Å². The van der Waals surface area contributed by atoms with Crippen molar-refractivity contribution in [3.8, 4) is 11.5 Å². The number of ether oxygens (including phenoxy) is 2. The highest BCUT2D eigenvalue weighted by atomic mass is 19.1. The fraction of sp³-hybridized carbons (Fsp3) is 0.316. The van der Waals surface area contributed by atoms with E-state index in [-0.39, 0.29) is 23.8 Å². The third-order valence-electron chi connectivity index (χ3n) is 3.98. The van der Waals surface area contributed by atoms with Crippen LogP contribution in [0.25, 0.3) is 0 Å². The molecule has 2 aromatic carbocycles. The van der Waals surface area contributed by atoms with E-state index in [1.165, 1.54) is 24.3 Å². The molecule has 6 heteroatoms. The number of rotatable bonds is 4. The van der Waals surface area contributed by atoms with Gasteiger partial charge in [-0.3, -0.25) is 0 Å². The summed E-state index contributed by atoms with van der Waals surface area (Å²) in [5.74, 6) is 1.23. The maximum Gasteiger partial charge on any atom is 0.319 e. The van der Waals surface area contributed by atoms with Crippen molar-refractivity contribution in [2.75, 3.05) is 18.5 Å². The van der Waals surface area contributed by atoms with Crippen LogP contribution in [0.4, 0.5) is 14.9 Å². The summed E-state index contributed by atoms with van der Waals surface area (Å²) in [6.45, 7) is 5.11. The van der Waals surface area contributed by atoms with Crippen molar-refractivity contribution in [3.63, 3.8) is 0 Å². The van der Waals surface area contributed by atoms with E-state index >= 15 is 0 Å². The second-order valence-corrected chi connectivity index (χ2v) is 6.23. The molecule has 2 aromatic rings. The van der Waals surface area contributed by atoms with Gasteiger partial charge < -0.3 is 20.1 Å². The van der Waals surface area contributed by atoms with E-state index < -0.39 is 0 Å². The highest BCUT2D eigenvalue weighted by Gasteiger charge is 2.21.